The summed E-state index contributed by atoms with van der Waals surface area (Å²) in [6.07, 6.45) is 9.98. The van der Waals surface area contributed by atoms with E-state index >= 15 is 0 Å². The Kier molecular flexibility index (Phi) is 6.91. The second-order valence-corrected chi connectivity index (χ2v) is 12.4. The molecular weight excluding hydrogens is 597 g/mol. The minimum atomic E-state index is 0.606. The molecule has 1 heterocycles. The van der Waals surface area contributed by atoms with Gasteiger partial charge in [0, 0.05) is 29.4 Å². The predicted octanol–water partition coefficient (Wildman–Crippen LogP) is 9.65. The van der Waals surface area contributed by atoms with Crippen molar-refractivity contribution < 1.29 is 5.41 Å². The molecule has 4 nitrogen and oxygen atoms in total. The van der Waals surface area contributed by atoms with Crippen molar-refractivity contribution in [2.24, 2.45) is 5.10 Å². The number of hydrazone groups is 1. The predicted molar refractivity (Wildman–Crippen MR) is 207 cm³/mol. The third-order valence-corrected chi connectivity index (χ3v) is 9.48. The van der Waals surface area contributed by atoms with Crippen molar-refractivity contribution in [3.05, 3.63) is 176 Å². The fraction of sp³-hybridized carbons (Fsp3) is 0. The molecule has 1 aliphatic rings. The van der Waals surface area contributed by atoms with E-state index in [1.165, 1.54) is 54.4 Å². The highest BCUT2D eigenvalue weighted by atomic mass is 15.3. The summed E-state index contributed by atoms with van der Waals surface area (Å²) in [5.41, 5.74) is 12.3. The van der Waals surface area contributed by atoms with Crippen LogP contribution in [-0.2, 0) is 0 Å². The first kappa shape index (κ1) is 28.6. The van der Waals surface area contributed by atoms with Crippen molar-refractivity contribution in [1.82, 2.24) is 4.98 Å². The normalized spacial score (nSPS) is 13.8. The number of anilines is 1. The number of hydrogen-bond donors (Lipinski definition) is 2. The molecule has 0 fully saturated rings. The van der Waals surface area contributed by atoms with Gasteiger partial charge in [-0.2, -0.15) is 5.10 Å². The van der Waals surface area contributed by atoms with Gasteiger partial charge in [0.1, 0.15) is 0 Å². The van der Waals surface area contributed by atoms with Gasteiger partial charge in [-0.15, -0.1) is 0 Å². The summed E-state index contributed by atoms with van der Waals surface area (Å²) in [5, 5.41) is 21.0. The summed E-state index contributed by atoms with van der Waals surface area (Å²) in [7, 11) is 0. The van der Waals surface area contributed by atoms with E-state index < -0.39 is 0 Å². The van der Waals surface area contributed by atoms with Gasteiger partial charge in [0.15, 0.2) is 5.71 Å². The topological polar surface area (TPSA) is 62.9 Å². The number of allylic oxidation sites excluding steroid dienone is 4. The molecule has 1 aliphatic carbocycles. The standard InChI is InChI=1S/C45H30N4/c46-42-26-31(22-25-43(42)49-48-33-23-20-30(21-24-33)41-28-47-27-32-11-2-4-14-35(32)41)44-37-15-5-7-17-39(37)45(40-18-8-6-16-38(40)44)36-19-9-12-29-10-1-3-13-34(29)36/h1-28,46,48H/p+1/b46-42?,49-43-. The van der Waals surface area contributed by atoms with Crippen LogP contribution in [-0.4, -0.2) is 16.4 Å². The van der Waals surface area contributed by atoms with E-state index in [0.29, 0.717) is 11.4 Å². The Morgan fingerprint density at radius 1 is 0.490 bits per heavy atom. The van der Waals surface area contributed by atoms with E-state index in [1.807, 2.05) is 42.7 Å². The molecule has 0 aliphatic heterocycles. The molecule has 0 radical (unpaired) electrons. The molecule has 230 valence electrons. The second kappa shape index (κ2) is 11.9. The van der Waals surface area contributed by atoms with Crippen molar-refractivity contribution in [2.45, 2.75) is 0 Å². The van der Waals surface area contributed by atoms with Gasteiger partial charge in [0.25, 0.3) is 0 Å². The van der Waals surface area contributed by atoms with E-state index in [1.54, 1.807) is 0 Å². The SMILES string of the molecule is [NH2+]=C1C=C(c2c3ccccc3c(-c3cccc4ccccc34)c3ccccc23)C=C/C1=N/Nc1ccc(-c2cncc3ccccc23)cc1. The first-order valence-electron chi connectivity index (χ1n) is 16.4. The number of nitrogens with two attached hydrogens (primary N) is 1. The lowest BCUT2D eigenvalue weighted by molar-refractivity contribution is -0.108. The number of aromatic nitrogens is 1. The zero-order valence-corrected chi connectivity index (χ0v) is 26.6. The molecule has 1 aromatic heterocycles. The molecule has 4 heteroatoms. The van der Waals surface area contributed by atoms with Gasteiger partial charge in [-0.3, -0.25) is 15.8 Å². The number of hydrogen-bond acceptors (Lipinski definition) is 3. The van der Waals surface area contributed by atoms with Gasteiger partial charge in [0.2, 0.25) is 5.71 Å². The Morgan fingerprint density at radius 3 is 1.73 bits per heavy atom. The van der Waals surface area contributed by atoms with Gasteiger partial charge in [-0.05, 0) is 83.7 Å². The van der Waals surface area contributed by atoms with E-state index in [0.717, 1.165) is 27.8 Å². The van der Waals surface area contributed by atoms with Crippen molar-refractivity contribution in [2.75, 3.05) is 5.43 Å². The Labute approximate surface area is 283 Å². The Morgan fingerprint density at radius 2 is 1.06 bits per heavy atom. The number of pyridine rings is 1. The van der Waals surface area contributed by atoms with Crippen LogP contribution >= 0.6 is 0 Å². The van der Waals surface area contributed by atoms with Crippen LogP contribution in [0.3, 0.4) is 0 Å². The van der Waals surface area contributed by atoms with Gasteiger partial charge in [-0.25, -0.2) is 0 Å². The molecule has 0 saturated carbocycles. The Bertz CT molecular complexity index is 2630. The van der Waals surface area contributed by atoms with Crippen LogP contribution in [0.15, 0.2) is 175 Å². The van der Waals surface area contributed by atoms with E-state index in [2.05, 4.69) is 143 Å². The first-order chi connectivity index (χ1) is 24.2. The zero-order chi connectivity index (χ0) is 32.7. The molecule has 8 aromatic rings. The molecule has 0 saturated heterocycles. The quantitative estimate of drug-likeness (QED) is 0.113. The molecule has 3 N–H and O–H groups in total. The van der Waals surface area contributed by atoms with E-state index in [9.17, 15) is 0 Å². The Hall–Kier alpha value is -6.65. The summed E-state index contributed by atoms with van der Waals surface area (Å²) in [6, 6.07) is 49.2. The van der Waals surface area contributed by atoms with Gasteiger partial charge >= 0.3 is 0 Å². The van der Waals surface area contributed by atoms with Gasteiger partial charge in [0.05, 0.1) is 5.69 Å². The highest BCUT2D eigenvalue weighted by molar-refractivity contribution is 6.51. The molecule has 0 bridgehead atoms. The highest BCUT2D eigenvalue weighted by Gasteiger charge is 2.21. The lowest BCUT2D eigenvalue weighted by Gasteiger charge is -2.19. The summed E-state index contributed by atoms with van der Waals surface area (Å²) < 4.78 is 0. The van der Waals surface area contributed by atoms with E-state index in [-0.39, 0.29) is 0 Å². The van der Waals surface area contributed by atoms with Crippen LogP contribution in [0, 0.1) is 0 Å². The fourth-order valence-electron chi connectivity index (χ4n) is 7.18. The number of rotatable bonds is 5. The van der Waals surface area contributed by atoms with Crippen molar-refractivity contribution in [1.29, 1.82) is 0 Å². The number of fused-ring (bicyclic) bond motifs is 4. The fourth-order valence-corrected chi connectivity index (χ4v) is 7.18. The molecule has 9 rings (SSSR count). The molecule has 0 atom stereocenters. The maximum absolute atomic E-state index is 6.71. The van der Waals surface area contributed by atoms with Crippen LogP contribution < -0.4 is 10.8 Å². The molecule has 0 amide bonds. The third kappa shape index (κ3) is 4.98. The van der Waals surface area contributed by atoms with Gasteiger partial charge in [-0.1, -0.05) is 133 Å². The van der Waals surface area contributed by atoms with Crippen molar-refractivity contribution in [3.8, 4) is 22.3 Å². The highest BCUT2D eigenvalue weighted by Crippen LogP contribution is 2.44. The lowest BCUT2D eigenvalue weighted by Crippen LogP contribution is -2.44. The largest absolute Gasteiger partial charge is 0.278 e. The Balaban J connectivity index is 1.06. The van der Waals surface area contributed by atoms with Gasteiger partial charge < -0.3 is 0 Å². The summed E-state index contributed by atoms with van der Waals surface area (Å²) in [6.45, 7) is 0. The van der Waals surface area contributed by atoms with Crippen LogP contribution in [0.5, 0.6) is 0 Å². The maximum Gasteiger partial charge on any atom is 0.225 e. The van der Waals surface area contributed by atoms with Crippen LogP contribution in [0.25, 0.3) is 70.9 Å². The zero-order valence-electron chi connectivity index (χ0n) is 26.6. The third-order valence-electron chi connectivity index (χ3n) is 9.48. The maximum atomic E-state index is 6.71. The van der Waals surface area contributed by atoms with E-state index in [4.69, 9.17) is 5.41 Å². The number of nitrogens with zero attached hydrogens (tertiary/aromatic N) is 2. The summed E-state index contributed by atoms with van der Waals surface area (Å²) >= 11 is 0. The molecule has 7 aromatic carbocycles. The van der Waals surface area contributed by atoms with Crippen LogP contribution in [0.4, 0.5) is 5.69 Å². The summed E-state index contributed by atoms with van der Waals surface area (Å²) in [4.78, 5) is 4.44. The smallest absolute Gasteiger partial charge is 0.225 e. The number of benzene rings is 7. The second-order valence-electron chi connectivity index (χ2n) is 12.4. The molecule has 0 spiro atoms. The van der Waals surface area contributed by atoms with Crippen molar-refractivity contribution >= 4 is 65.8 Å². The van der Waals surface area contributed by atoms with Crippen LogP contribution in [0.1, 0.15) is 5.56 Å². The minimum Gasteiger partial charge on any atom is -0.278 e. The van der Waals surface area contributed by atoms with Crippen LogP contribution in [0.2, 0.25) is 0 Å². The molecule has 49 heavy (non-hydrogen) atoms. The average molecular weight is 628 g/mol. The minimum absolute atomic E-state index is 0.606. The monoisotopic (exact) mass is 627 g/mol. The average Bonchev–Trinajstić information content (AvgIpc) is 3.16. The molecule has 0 unspecified atom stereocenters. The molecular formula is C45H31N4+. The first-order valence-corrected chi connectivity index (χ1v) is 16.4. The van der Waals surface area contributed by atoms with Crippen molar-refractivity contribution in [3.63, 3.8) is 0 Å². The number of nitrogens with one attached hydrogen (secondary N) is 1. The lowest BCUT2D eigenvalue weighted by atomic mass is 9.83. The summed E-state index contributed by atoms with van der Waals surface area (Å²) in [5.74, 6) is 0.